The molecule has 0 bridgehead atoms. The Kier molecular flexibility index (Phi) is 4.37. The Morgan fingerprint density at radius 3 is 2.11 bits per heavy atom. The molecule has 0 nitrogen and oxygen atoms in total. The van der Waals surface area contributed by atoms with Crippen LogP contribution < -0.4 is 0 Å². The SMILES string of the molecule is Cc1ccc(C(Cl)c2cc(C)c(Br)cc2C)c(C)c1. The summed E-state index contributed by atoms with van der Waals surface area (Å²) >= 11 is 10.3. The number of aryl methyl sites for hydroxylation is 4. The second-order valence-electron chi connectivity index (χ2n) is 5.18. The minimum absolute atomic E-state index is 0.0904. The fourth-order valence-corrected chi connectivity index (χ4v) is 3.29. The maximum atomic E-state index is 6.70. The Hall–Kier alpha value is -0.790. The molecule has 2 aromatic carbocycles. The molecule has 0 aromatic heterocycles. The number of alkyl halides is 1. The molecule has 0 saturated heterocycles. The standard InChI is InChI=1S/C17H18BrCl/c1-10-5-6-14(11(2)7-10)17(19)15-8-13(4)16(18)9-12(15)3/h5-9,17H,1-4H3. The van der Waals surface area contributed by atoms with Crippen LogP contribution in [0.4, 0.5) is 0 Å². The first-order valence-corrected chi connectivity index (χ1v) is 7.61. The van der Waals surface area contributed by atoms with Crippen molar-refractivity contribution in [3.05, 3.63) is 68.2 Å². The zero-order valence-electron chi connectivity index (χ0n) is 11.7. The summed E-state index contributed by atoms with van der Waals surface area (Å²) in [5.41, 5.74) is 7.34. The Balaban J connectivity index is 2.49. The number of hydrogen-bond acceptors (Lipinski definition) is 0. The molecule has 0 fully saturated rings. The summed E-state index contributed by atoms with van der Waals surface area (Å²) < 4.78 is 1.14. The lowest BCUT2D eigenvalue weighted by Gasteiger charge is -2.17. The number of rotatable bonds is 2. The molecule has 0 aliphatic heterocycles. The van der Waals surface area contributed by atoms with Gasteiger partial charge in [-0.3, -0.25) is 0 Å². The Bertz CT molecular complexity index is 617. The van der Waals surface area contributed by atoms with Gasteiger partial charge in [-0.1, -0.05) is 45.8 Å². The Morgan fingerprint density at radius 2 is 1.47 bits per heavy atom. The third kappa shape index (κ3) is 3.04. The van der Waals surface area contributed by atoms with Crippen molar-refractivity contribution in [2.24, 2.45) is 0 Å². The highest BCUT2D eigenvalue weighted by Crippen LogP contribution is 2.35. The van der Waals surface area contributed by atoms with Crippen LogP contribution in [0.25, 0.3) is 0 Å². The monoisotopic (exact) mass is 336 g/mol. The van der Waals surface area contributed by atoms with E-state index in [0.717, 1.165) is 4.47 Å². The van der Waals surface area contributed by atoms with Gasteiger partial charge in [-0.25, -0.2) is 0 Å². The van der Waals surface area contributed by atoms with Crippen molar-refractivity contribution < 1.29 is 0 Å². The molecule has 2 aromatic rings. The number of benzene rings is 2. The van der Waals surface area contributed by atoms with Gasteiger partial charge >= 0.3 is 0 Å². The predicted molar refractivity (Wildman–Crippen MR) is 87.2 cm³/mol. The first-order valence-electron chi connectivity index (χ1n) is 6.38. The largest absolute Gasteiger partial charge is 0.113 e. The Morgan fingerprint density at radius 1 is 0.842 bits per heavy atom. The summed E-state index contributed by atoms with van der Waals surface area (Å²) in [6.07, 6.45) is 0. The minimum Gasteiger partial charge on any atom is -0.113 e. The minimum atomic E-state index is -0.0904. The summed E-state index contributed by atoms with van der Waals surface area (Å²) in [6, 6.07) is 10.8. The first-order chi connectivity index (χ1) is 8.90. The van der Waals surface area contributed by atoms with E-state index in [1.165, 1.54) is 33.4 Å². The zero-order chi connectivity index (χ0) is 14.2. The van der Waals surface area contributed by atoms with E-state index in [1.54, 1.807) is 0 Å². The molecule has 0 amide bonds. The maximum Gasteiger partial charge on any atom is 0.0840 e. The molecule has 0 radical (unpaired) electrons. The topological polar surface area (TPSA) is 0 Å². The molecule has 0 aliphatic rings. The van der Waals surface area contributed by atoms with Gasteiger partial charge in [0.1, 0.15) is 0 Å². The Labute approximate surface area is 128 Å². The molecule has 0 aliphatic carbocycles. The van der Waals surface area contributed by atoms with Gasteiger partial charge in [0.25, 0.3) is 0 Å². The third-order valence-electron chi connectivity index (χ3n) is 3.52. The van der Waals surface area contributed by atoms with Crippen molar-refractivity contribution in [2.45, 2.75) is 33.1 Å². The van der Waals surface area contributed by atoms with Crippen molar-refractivity contribution in [1.29, 1.82) is 0 Å². The van der Waals surface area contributed by atoms with Crippen molar-refractivity contribution in [2.75, 3.05) is 0 Å². The fourth-order valence-electron chi connectivity index (χ4n) is 2.35. The van der Waals surface area contributed by atoms with Gasteiger partial charge < -0.3 is 0 Å². The van der Waals surface area contributed by atoms with Crippen molar-refractivity contribution in [3.63, 3.8) is 0 Å². The number of halogens is 2. The molecule has 19 heavy (non-hydrogen) atoms. The first kappa shape index (κ1) is 14.6. The van der Waals surface area contributed by atoms with Crippen LogP contribution in [0.5, 0.6) is 0 Å². The van der Waals surface area contributed by atoms with Gasteiger partial charge in [0, 0.05) is 4.47 Å². The average Bonchev–Trinajstić information content (AvgIpc) is 2.33. The summed E-state index contributed by atoms with van der Waals surface area (Å²) in [4.78, 5) is 0. The van der Waals surface area contributed by atoms with Crippen LogP contribution in [-0.2, 0) is 0 Å². The van der Waals surface area contributed by atoms with Crippen LogP contribution in [0.3, 0.4) is 0 Å². The zero-order valence-corrected chi connectivity index (χ0v) is 14.1. The molecule has 2 heteroatoms. The molecule has 0 heterocycles. The number of hydrogen-bond donors (Lipinski definition) is 0. The molecule has 0 N–H and O–H groups in total. The average molecular weight is 338 g/mol. The quantitative estimate of drug-likeness (QED) is 0.589. The van der Waals surface area contributed by atoms with Gasteiger partial charge in [0.05, 0.1) is 5.38 Å². The highest BCUT2D eigenvalue weighted by atomic mass is 79.9. The van der Waals surface area contributed by atoms with E-state index in [2.05, 4.69) is 74.0 Å². The molecular formula is C17H18BrCl. The molecule has 1 unspecified atom stereocenters. The predicted octanol–water partition coefficient (Wildman–Crippen LogP) is 6.01. The molecule has 2 rings (SSSR count). The van der Waals surface area contributed by atoms with Gasteiger partial charge in [-0.2, -0.15) is 0 Å². The van der Waals surface area contributed by atoms with Crippen LogP contribution in [-0.4, -0.2) is 0 Å². The van der Waals surface area contributed by atoms with Gasteiger partial charge in [-0.05, 0) is 61.6 Å². The maximum absolute atomic E-state index is 6.70. The molecule has 0 spiro atoms. The smallest absolute Gasteiger partial charge is 0.0840 e. The summed E-state index contributed by atoms with van der Waals surface area (Å²) in [6.45, 7) is 8.44. The van der Waals surface area contributed by atoms with E-state index in [-0.39, 0.29) is 5.38 Å². The van der Waals surface area contributed by atoms with E-state index >= 15 is 0 Å². The van der Waals surface area contributed by atoms with Crippen LogP contribution in [0.1, 0.15) is 38.8 Å². The van der Waals surface area contributed by atoms with E-state index < -0.39 is 0 Å². The van der Waals surface area contributed by atoms with Crippen molar-refractivity contribution >= 4 is 27.5 Å². The lowest BCUT2D eigenvalue weighted by Crippen LogP contribution is -2.00. The molecule has 0 saturated carbocycles. The summed E-state index contributed by atoms with van der Waals surface area (Å²) in [7, 11) is 0. The second kappa shape index (κ2) is 5.68. The van der Waals surface area contributed by atoms with E-state index in [1.807, 2.05) is 0 Å². The molecular weight excluding hydrogens is 320 g/mol. The van der Waals surface area contributed by atoms with Crippen LogP contribution in [0.15, 0.2) is 34.8 Å². The van der Waals surface area contributed by atoms with Gasteiger partial charge in [-0.15, -0.1) is 11.6 Å². The van der Waals surface area contributed by atoms with Gasteiger partial charge in [0.15, 0.2) is 0 Å². The van der Waals surface area contributed by atoms with Crippen molar-refractivity contribution in [1.82, 2.24) is 0 Å². The highest BCUT2D eigenvalue weighted by molar-refractivity contribution is 9.10. The van der Waals surface area contributed by atoms with Crippen LogP contribution in [0.2, 0.25) is 0 Å². The van der Waals surface area contributed by atoms with Crippen molar-refractivity contribution in [3.8, 4) is 0 Å². The summed E-state index contributed by atoms with van der Waals surface area (Å²) in [5, 5.41) is -0.0904. The third-order valence-corrected chi connectivity index (χ3v) is 4.84. The molecule has 1 atom stereocenters. The van der Waals surface area contributed by atoms with Gasteiger partial charge in [0.2, 0.25) is 0 Å². The molecule has 100 valence electrons. The lowest BCUT2D eigenvalue weighted by atomic mass is 9.94. The fraction of sp³-hybridized carbons (Fsp3) is 0.294. The highest BCUT2D eigenvalue weighted by Gasteiger charge is 2.16. The van der Waals surface area contributed by atoms with E-state index in [4.69, 9.17) is 11.6 Å². The second-order valence-corrected chi connectivity index (χ2v) is 6.47. The van der Waals surface area contributed by atoms with Crippen LogP contribution in [0, 0.1) is 27.7 Å². The summed E-state index contributed by atoms with van der Waals surface area (Å²) in [5.74, 6) is 0. The van der Waals surface area contributed by atoms with Crippen LogP contribution >= 0.6 is 27.5 Å². The normalized spacial score (nSPS) is 12.5. The van der Waals surface area contributed by atoms with E-state index in [9.17, 15) is 0 Å². The lowest BCUT2D eigenvalue weighted by molar-refractivity contribution is 1.07. The van der Waals surface area contributed by atoms with E-state index in [0.29, 0.717) is 0 Å².